The van der Waals surface area contributed by atoms with E-state index in [0.717, 1.165) is 29.3 Å². The maximum Gasteiger partial charge on any atom is 0.245 e. The minimum atomic E-state index is -0.981. The molecule has 11 unspecified atom stereocenters. The number of nitrogens with zero attached hydrogens (tertiary/aromatic N) is 4. The summed E-state index contributed by atoms with van der Waals surface area (Å²) < 4.78 is 12.1. The van der Waals surface area contributed by atoms with Crippen LogP contribution in [0.4, 0.5) is 0 Å². The lowest BCUT2D eigenvalue weighted by atomic mass is 9.72. The predicted molar refractivity (Wildman–Crippen MR) is 325 cm³/mol. The maximum absolute atomic E-state index is 14.7. The number of methoxy groups -OCH3 is 2. The van der Waals surface area contributed by atoms with E-state index in [1.54, 1.807) is 28.7 Å². The number of rotatable bonds is 36. The Bertz CT molecular complexity index is 2460. The van der Waals surface area contributed by atoms with Gasteiger partial charge >= 0.3 is 0 Å². The van der Waals surface area contributed by atoms with Crippen LogP contribution in [-0.4, -0.2) is 174 Å². The van der Waals surface area contributed by atoms with E-state index in [1.807, 2.05) is 84.0 Å². The first-order chi connectivity index (χ1) is 39.8. The minimum Gasteiger partial charge on any atom is -0.379 e. The molecule has 474 valence electrons. The molecular formula is C63H106N10O11. The van der Waals surface area contributed by atoms with Crippen LogP contribution in [-0.2, 0) is 54.3 Å². The first-order valence-electron chi connectivity index (χ1n) is 31.1. The molecule has 2 saturated heterocycles. The van der Waals surface area contributed by atoms with Gasteiger partial charge in [-0.05, 0) is 99.8 Å². The zero-order valence-corrected chi connectivity index (χ0v) is 53.2. The predicted octanol–water partition coefficient (Wildman–Crippen LogP) is 5.96. The number of carbonyl (C=O) groups excluding carboxylic acids is 8. The van der Waals surface area contributed by atoms with Crippen molar-refractivity contribution in [2.24, 2.45) is 40.7 Å². The molecule has 2 aliphatic rings. The molecule has 11 atom stereocenters. The van der Waals surface area contributed by atoms with Gasteiger partial charge in [-0.15, -0.1) is 0 Å². The molecular weight excluding hydrogens is 1070 g/mol. The number of nitrogens with two attached hydrogens (primary N) is 1. The lowest BCUT2D eigenvalue weighted by molar-refractivity contribution is -0.148. The topological polar surface area (TPSA) is 278 Å². The Labute approximate surface area is 500 Å². The van der Waals surface area contributed by atoms with E-state index in [9.17, 15) is 43.5 Å². The number of nitrogens with one attached hydrogen (secondary N) is 5. The number of benzene rings is 1. The summed E-state index contributed by atoms with van der Waals surface area (Å²) in [5.41, 5.74) is 12.4. The van der Waals surface area contributed by atoms with Gasteiger partial charge in [0.05, 0.1) is 42.7 Å². The molecule has 8 amide bonds. The van der Waals surface area contributed by atoms with Crippen LogP contribution in [0.5, 0.6) is 0 Å². The first kappa shape index (κ1) is 70.8. The Morgan fingerprint density at radius 1 is 0.845 bits per heavy atom. The molecule has 1 aromatic carbocycles. The smallest absolute Gasteiger partial charge is 0.245 e. The first-order valence-corrected chi connectivity index (χ1v) is 31.1. The van der Waals surface area contributed by atoms with Gasteiger partial charge in [0.25, 0.3) is 0 Å². The van der Waals surface area contributed by atoms with Crippen molar-refractivity contribution in [1.82, 2.24) is 46.1 Å². The molecule has 2 aliphatic heterocycles. The second kappa shape index (κ2) is 33.9. The summed E-state index contributed by atoms with van der Waals surface area (Å²) >= 11 is 0. The van der Waals surface area contributed by atoms with E-state index >= 15 is 0 Å². The number of aliphatic hydroxyl groups excluding tert-OH is 1. The van der Waals surface area contributed by atoms with Crippen molar-refractivity contribution in [3.05, 3.63) is 36.0 Å². The Kier molecular flexibility index (Phi) is 28.6. The van der Waals surface area contributed by atoms with Crippen LogP contribution in [0.1, 0.15) is 171 Å². The molecule has 2 aromatic rings. The fourth-order valence-electron chi connectivity index (χ4n) is 12.7. The van der Waals surface area contributed by atoms with Gasteiger partial charge in [-0.25, -0.2) is 0 Å². The zero-order valence-electron chi connectivity index (χ0n) is 53.2. The van der Waals surface area contributed by atoms with Gasteiger partial charge in [0.2, 0.25) is 47.3 Å². The fourth-order valence-corrected chi connectivity index (χ4v) is 12.7. The number of aliphatic hydroxyl groups is 1. The Morgan fingerprint density at radius 3 is 2.05 bits per heavy atom. The number of likely N-dealkylation sites (N-methyl/N-ethyl adjacent to an activating group) is 2. The van der Waals surface area contributed by atoms with Gasteiger partial charge in [0.15, 0.2) is 0 Å². The summed E-state index contributed by atoms with van der Waals surface area (Å²) in [6.07, 6.45) is 8.26. The molecule has 21 heteroatoms. The van der Waals surface area contributed by atoms with Gasteiger partial charge in [0, 0.05) is 83.1 Å². The number of unbranched alkanes of at least 4 members (excludes halogenated alkanes) is 4. The van der Waals surface area contributed by atoms with Crippen LogP contribution >= 0.6 is 0 Å². The highest BCUT2D eigenvalue weighted by molar-refractivity contribution is 5.91. The van der Waals surface area contributed by atoms with E-state index in [2.05, 4.69) is 47.2 Å². The summed E-state index contributed by atoms with van der Waals surface area (Å²) in [6.45, 7) is 21.2. The number of amides is 8. The molecule has 4 rings (SSSR count). The van der Waals surface area contributed by atoms with Gasteiger partial charge in [-0.3, -0.25) is 54.1 Å². The van der Waals surface area contributed by atoms with Crippen LogP contribution in [0.2, 0.25) is 0 Å². The van der Waals surface area contributed by atoms with Gasteiger partial charge in [-0.1, -0.05) is 107 Å². The number of hydrogen-bond donors (Lipinski definition) is 7. The number of hydrogen-bond acceptors (Lipinski definition) is 12. The van der Waals surface area contributed by atoms with Crippen molar-refractivity contribution >= 4 is 58.2 Å². The number of aromatic nitrogens is 1. The molecule has 2 fully saturated rings. The zero-order chi connectivity index (χ0) is 62.6. The number of para-hydroxylation sites is 1. The van der Waals surface area contributed by atoms with Crippen LogP contribution in [0.15, 0.2) is 30.5 Å². The Balaban J connectivity index is 1.26. The monoisotopic (exact) mass is 1180 g/mol. The van der Waals surface area contributed by atoms with Crippen LogP contribution in [0, 0.1) is 35.0 Å². The Morgan fingerprint density at radius 2 is 1.48 bits per heavy atom. The second-order valence-electron chi connectivity index (χ2n) is 24.9. The summed E-state index contributed by atoms with van der Waals surface area (Å²) in [5, 5.41) is 17.5. The molecule has 0 bridgehead atoms. The number of ether oxygens (including phenoxy) is 2. The quantitative estimate of drug-likeness (QED) is 0.0308. The van der Waals surface area contributed by atoms with Crippen molar-refractivity contribution in [2.75, 3.05) is 47.9 Å². The third-order valence-corrected chi connectivity index (χ3v) is 18.5. The summed E-state index contributed by atoms with van der Waals surface area (Å²) in [4.78, 5) is 118. The molecule has 21 nitrogen and oxygen atoms in total. The third kappa shape index (κ3) is 18.9. The highest BCUT2D eigenvalue weighted by Crippen LogP contribution is 2.43. The van der Waals surface area contributed by atoms with E-state index < -0.39 is 66.4 Å². The van der Waals surface area contributed by atoms with Crippen LogP contribution in [0.3, 0.4) is 0 Å². The molecule has 1 aromatic heterocycles. The highest BCUT2D eigenvalue weighted by Gasteiger charge is 2.47. The lowest BCUT2D eigenvalue weighted by Gasteiger charge is -2.41. The number of aromatic amines is 1. The third-order valence-electron chi connectivity index (χ3n) is 18.5. The standard InChI is InChI=1S/C63H106N10O11/c1-15-41(8)56(49(83-13)37-53(77)72-34-26-29-48(72)57(84-14)42(9)59(79)66-47(58(64)78)35-43-38-65-46-28-23-22-27-44(43)46)71(12)62(82)54(39(4)5)67-60(80)55(40(6)7)70(11)32-24-18-20-30-50(74)68-69-51(75)31-21-19-25-33-73-52(76)36-45(61(73)81)63(10,16-2)17-3/h22-23,27-28,38-42,45,47-49,52,54-57,65,76H,15-21,24-26,29-37H2,1-14H3,(H2,64,78)(H,66,79)(H,67,80)(H,68,74)(H,69,75). The van der Waals surface area contributed by atoms with E-state index in [4.69, 9.17) is 15.2 Å². The normalized spacial score (nSPS) is 19.5. The van der Waals surface area contributed by atoms with Gasteiger partial charge < -0.3 is 50.6 Å². The number of hydrazine groups is 1. The van der Waals surface area contributed by atoms with Crippen molar-refractivity contribution in [1.29, 1.82) is 0 Å². The second-order valence-corrected chi connectivity index (χ2v) is 24.9. The summed E-state index contributed by atoms with van der Waals surface area (Å²) in [7, 11) is 6.63. The largest absolute Gasteiger partial charge is 0.379 e. The average Bonchev–Trinajstić information content (AvgIpc) is 2.85. The lowest BCUT2D eigenvalue weighted by Crippen LogP contribution is -2.60. The summed E-state index contributed by atoms with van der Waals surface area (Å²) in [6, 6.07) is 4.25. The number of H-pyrrole nitrogens is 1. The number of fused-ring (bicyclic) bond motifs is 1. The van der Waals surface area contributed by atoms with Crippen molar-refractivity contribution < 1.29 is 52.9 Å². The van der Waals surface area contributed by atoms with E-state index in [1.165, 1.54) is 14.2 Å². The summed E-state index contributed by atoms with van der Waals surface area (Å²) in [5.74, 6) is -3.91. The molecule has 3 heterocycles. The molecule has 8 N–H and O–H groups in total. The maximum atomic E-state index is 14.7. The van der Waals surface area contributed by atoms with E-state index in [-0.39, 0.29) is 90.2 Å². The highest BCUT2D eigenvalue weighted by atomic mass is 16.5. The van der Waals surface area contributed by atoms with Crippen molar-refractivity contribution in [3.63, 3.8) is 0 Å². The number of primary amides is 1. The van der Waals surface area contributed by atoms with Crippen LogP contribution < -0.4 is 27.2 Å². The van der Waals surface area contributed by atoms with E-state index in [0.29, 0.717) is 83.8 Å². The van der Waals surface area contributed by atoms with Gasteiger partial charge in [-0.2, -0.15) is 0 Å². The molecule has 0 saturated carbocycles. The van der Waals surface area contributed by atoms with Crippen molar-refractivity contribution in [2.45, 2.75) is 221 Å². The average molecular weight is 1180 g/mol. The molecule has 84 heavy (non-hydrogen) atoms. The van der Waals surface area contributed by atoms with Crippen molar-refractivity contribution in [3.8, 4) is 0 Å². The fraction of sp³-hybridized carbons (Fsp3) is 0.746. The van der Waals surface area contributed by atoms with Crippen LogP contribution in [0.25, 0.3) is 10.9 Å². The Hall–Kier alpha value is -5.64. The minimum absolute atomic E-state index is 0.0128. The molecule has 0 spiro atoms. The number of carbonyl (C=O) groups is 8. The number of likely N-dealkylation sites (tertiary alicyclic amines) is 2. The SMILES string of the molecule is CCC(C)C(C(CC(=O)N1CCCC1C(OC)C(C)C(=O)NC(Cc1c[nH]c2ccccc12)C(N)=O)OC)N(C)C(=O)C(NC(=O)C(C(C)C)N(C)CCCCCC(=O)NNC(=O)CCCCCN1C(=O)C(C(C)(CC)CC)CC1O)C(C)C. The molecule has 0 radical (unpaired) electrons. The molecule has 0 aliphatic carbocycles. The van der Waals surface area contributed by atoms with Gasteiger partial charge in [0.1, 0.15) is 18.3 Å².